The summed E-state index contributed by atoms with van der Waals surface area (Å²) < 4.78 is 52.5. The number of carboxylic acid groups (broad SMARTS) is 1. The van der Waals surface area contributed by atoms with Gasteiger partial charge in [-0.3, -0.25) is 9.69 Å². The number of nitrogens with zero attached hydrogens (tertiary/aromatic N) is 5. The molecule has 3 aliphatic rings. The van der Waals surface area contributed by atoms with Crippen molar-refractivity contribution in [2.75, 3.05) is 43.4 Å². The Kier molecular flexibility index (Phi) is 7.85. The summed E-state index contributed by atoms with van der Waals surface area (Å²) in [7, 11) is 0. The Morgan fingerprint density at radius 3 is 2.85 bits per heavy atom. The standard InChI is InChI=1S/C32H30ClF3N6O3S/c33-21-10-19-26(25(36)24(21)18-5-6-22(35)27-23(18)20(12-37)28(38)46-27)39-31(45-15-32-7-3-9-42(32)14-17(34)11-32)40-29(19)41-8-2-1-4-16(13-41)30(43)44/h5-6,10,16-17H,1-4,7-9,11,13-15,38H2,(H,43,44)/t16?,17-,32+/m1/s1. The summed E-state index contributed by atoms with van der Waals surface area (Å²) in [5.74, 6) is -2.76. The van der Waals surface area contributed by atoms with Crippen LogP contribution < -0.4 is 15.4 Å². The molecule has 3 fully saturated rings. The molecule has 1 unspecified atom stereocenters. The Hall–Kier alpha value is -3.86. The van der Waals surface area contributed by atoms with Crippen LogP contribution in [0.25, 0.3) is 32.1 Å². The third kappa shape index (κ3) is 5.07. The monoisotopic (exact) mass is 670 g/mol. The average Bonchev–Trinajstić information content (AvgIpc) is 3.58. The molecule has 4 aromatic rings. The van der Waals surface area contributed by atoms with Crippen molar-refractivity contribution in [3.8, 4) is 23.2 Å². The van der Waals surface area contributed by atoms with Gasteiger partial charge < -0.3 is 20.5 Å². The Morgan fingerprint density at radius 1 is 1.24 bits per heavy atom. The summed E-state index contributed by atoms with van der Waals surface area (Å²) in [4.78, 5) is 25.1. The molecule has 0 saturated carbocycles. The number of carbonyl (C=O) groups is 1. The van der Waals surface area contributed by atoms with Gasteiger partial charge in [0, 0.05) is 42.4 Å². The second kappa shape index (κ2) is 11.7. The van der Waals surface area contributed by atoms with Gasteiger partial charge in [-0.1, -0.05) is 24.1 Å². The lowest BCUT2D eigenvalue weighted by Gasteiger charge is -2.31. The van der Waals surface area contributed by atoms with Crippen LogP contribution in [0.3, 0.4) is 0 Å². The van der Waals surface area contributed by atoms with Crippen LogP contribution in [-0.2, 0) is 4.79 Å². The number of nitrogens with two attached hydrogens (primary N) is 1. The second-order valence-electron chi connectivity index (χ2n) is 12.4. The summed E-state index contributed by atoms with van der Waals surface area (Å²) in [6.07, 6.45) is 2.89. The molecule has 2 aromatic carbocycles. The summed E-state index contributed by atoms with van der Waals surface area (Å²) in [6.45, 7) is 1.81. The van der Waals surface area contributed by atoms with E-state index in [4.69, 9.17) is 22.1 Å². The average molecular weight is 671 g/mol. The first-order valence-electron chi connectivity index (χ1n) is 15.2. The van der Waals surface area contributed by atoms with Gasteiger partial charge in [0.1, 0.15) is 41.0 Å². The third-order valence-corrected chi connectivity index (χ3v) is 10.9. The third-order valence-electron chi connectivity index (χ3n) is 9.59. The van der Waals surface area contributed by atoms with E-state index in [0.29, 0.717) is 38.8 Å². The normalized spacial score (nSPS) is 23.5. The number of aliphatic carboxylic acids is 1. The van der Waals surface area contributed by atoms with E-state index in [1.165, 1.54) is 18.2 Å². The van der Waals surface area contributed by atoms with Crippen molar-refractivity contribution in [2.45, 2.75) is 50.2 Å². The van der Waals surface area contributed by atoms with Crippen molar-refractivity contribution in [3.63, 3.8) is 0 Å². The molecule has 14 heteroatoms. The molecule has 0 amide bonds. The molecule has 5 heterocycles. The largest absolute Gasteiger partial charge is 0.481 e. The molecule has 3 aliphatic heterocycles. The van der Waals surface area contributed by atoms with Crippen LogP contribution in [0.1, 0.15) is 44.1 Å². The highest BCUT2D eigenvalue weighted by atomic mass is 35.5. The number of ether oxygens (including phenoxy) is 1. The highest BCUT2D eigenvalue weighted by Gasteiger charge is 2.49. The van der Waals surface area contributed by atoms with E-state index in [2.05, 4.69) is 14.9 Å². The van der Waals surface area contributed by atoms with Crippen LogP contribution in [0, 0.1) is 28.9 Å². The number of nitriles is 1. The Labute approximate surface area is 271 Å². The van der Waals surface area contributed by atoms with Crippen molar-refractivity contribution in [3.05, 3.63) is 40.4 Å². The fourth-order valence-corrected chi connectivity index (χ4v) is 8.65. The van der Waals surface area contributed by atoms with Crippen molar-refractivity contribution < 1.29 is 27.8 Å². The molecule has 0 spiro atoms. The van der Waals surface area contributed by atoms with E-state index in [-0.39, 0.29) is 72.7 Å². The lowest BCUT2D eigenvalue weighted by Crippen LogP contribution is -2.43. The van der Waals surface area contributed by atoms with E-state index in [1.807, 2.05) is 6.07 Å². The number of aromatic nitrogens is 2. The number of thiophene rings is 1. The molecule has 0 bridgehead atoms. The number of carboxylic acids is 1. The molecule has 3 atom stereocenters. The van der Waals surface area contributed by atoms with Gasteiger partial charge in [-0.15, -0.1) is 11.3 Å². The van der Waals surface area contributed by atoms with Crippen molar-refractivity contribution in [1.29, 1.82) is 5.26 Å². The quantitative estimate of drug-likeness (QED) is 0.235. The Balaban J connectivity index is 1.40. The van der Waals surface area contributed by atoms with Crippen molar-refractivity contribution >= 4 is 60.7 Å². The Morgan fingerprint density at radius 2 is 2.07 bits per heavy atom. The zero-order valence-corrected chi connectivity index (χ0v) is 26.2. The maximum Gasteiger partial charge on any atom is 0.319 e. The molecule has 7 rings (SSSR count). The van der Waals surface area contributed by atoms with Crippen LogP contribution in [0.2, 0.25) is 5.02 Å². The summed E-state index contributed by atoms with van der Waals surface area (Å²) in [6, 6.07) is 5.90. The fraction of sp³-hybridized carbons (Fsp3) is 0.438. The molecular weight excluding hydrogens is 641 g/mol. The molecule has 2 aromatic heterocycles. The van der Waals surface area contributed by atoms with E-state index in [9.17, 15) is 23.9 Å². The summed E-state index contributed by atoms with van der Waals surface area (Å²) in [5.41, 5.74) is 5.49. The number of halogens is 4. The zero-order chi connectivity index (χ0) is 32.3. The Bertz CT molecular complexity index is 1940. The number of alkyl halides is 1. The molecule has 3 N–H and O–H groups in total. The van der Waals surface area contributed by atoms with Gasteiger partial charge in [0.2, 0.25) is 0 Å². The minimum absolute atomic E-state index is 0.0184. The molecule has 3 saturated heterocycles. The minimum Gasteiger partial charge on any atom is -0.481 e. The highest BCUT2D eigenvalue weighted by Crippen LogP contribution is 2.46. The molecule has 46 heavy (non-hydrogen) atoms. The summed E-state index contributed by atoms with van der Waals surface area (Å²) in [5, 5.41) is 20.1. The van der Waals surface area contributed by atoms with Crippen LogP contribution in [0.5, 0.6) is 6.01 Å². The molecule has 9 nitrogen and oxygen atoms in total. The highest BCUT2D eigenvalue weighted by molar-refractivity contribution is 7.23. The number of anilines is 2. The van der Waals surface area contributed by atoms with Crippen LogP contribution >= 0.6 is 22.9 Å². The first kappa shape index (κ1) is 30.8. The zero-order valence-electron chi connectivity index (χ0n) is 24.7. The van der Waals surface area contributed by atoms with E-state index in [1.54, 1.807) is 4.90 Å². The lowest BCUT2D eigenvalue weighted by atomic mass is 9.95. The van der Waals surface area contributed by atoms with Crippen LogP contribution in [0.15, 0.2) is 18.2 Å². The van der Waals surface area contributed by atoms with E-state index >= 15 is 4.39 Å². The van der Waals surface area contributed by atoms with Crippen molar-refractivity contribution in [1.82, 2.24) is 14.9 Å². The van der Waals surface area contributed by atoms with Gasteiger partial charge >= 0.3 is 12.0 Å². The molecule has 0 radical (unpaired) electrons. The van der Waals surface area contributed by atoms with Crippen LogP contribution in [-0.4, -0.2) is 70.4 Å². The first-order valence-corrected chi connectivity index (χ1v) is 16.4. The maximum absolute atomic E-state index is 16.9. The van der Waals surface area contributed by atoms with Crippen molar-refractivity contribution in [2.24, 2.45) is 5.92 Å². The first-order chi connectivity index (χ1) is 22.1. The number of rotatable bonds is 6. The van der Waals surface area contributed by atoms with Gasteiger partial charge in [0.25, 0.3) is 0 Å². The number of fused-ring (bicyclic) bond motifs is 3. The van der Waals surface area contributed by atoms with Gasteiger partial charge in [-0.25, -0.2) is 13.2 Å². The van der Waals surface area contributed by atoms with E-state index in [0.717, 1.165) is 30.7 Å². The number of hydrogen-bond acceptors (Lipinski definition) is 9. The minimum atomic E-state index is -0.971. The van der Waals surface area contributed by atoms with Gasteiger partial charge in [-0.05, 0) is 49.9 Å². The number of nitrogen functional groups attached to an aromatic ring is 1. The predicted molar refractivity (Wildman–Crippen MR) is 170 cm³/mol. The summed E-state index contributed by atoms with van der Waals surface area (Å²) >= 11 is 7.68. The van der Waals surface area contributed by atoms with E-state index < -0.39 is 35.2 Å². The lowest BCUT2D eigenvalue weighted by molar-refractivity contribution is -0.141. The molecule has 240 valence electrons. The smallest absolute Gasteiger partial charge is 0.319 e. The molecular formula is C32H30ClF3N6O3S. The molecule has 0 aliphatic carbocycles. The van der Waals surface area contributed by atoms with Gasteiger partial charge in [0.15, 0.2) is 5.82 Å². The number of benzene rings is 2. The van der Waals surface area contributed by atoms with Gasteiger partial charge in [-0.2, -0.15) is 15.2 Å². The number of hydrogen-bond donors (Lipinski definition) is 2. The second-order valence-corrected chi connectivity index (χ2v) is 13.8. The van der Waals surface area contributed by atoms with Crippen LogP contribution in [0.4, 0.5) is 24.0 Å². The fourth-order valence-electron chi connectivity index (χ4n) is 7.40. The van der Waals surface area contributed by atoms with Gasteiger partial charge in [0.05, 0.1) is 26.7 Å². The SMILES string of the molecule is N#Cc1c(N)sc2c(F)ccc(-c3c(Cl)cc4c(N5CCCCC(C(=O)O)C5)nc(OC[C@@]56CCCN5C[C@H](F)C6)nc4c3F)c12. The predicted octanol–water partition coefficient (Wildman–Crippen LogP) is 6.54. The maximum atomic E-state index is 16.9. The topological polar surface area (TPSA) is 129 Å².